The highest BCUT2D eigenvalue weighted by Gasteiger charge is 1.88. The predicted molar refractivity (Wildman–Crippen MR) is 67.9 cm³/mol. The van der Waals surface area contributed by atoms with Crippen molar-refractivity contribution >= 4 is 0 Å². The van der Waals surface area contributed by atoms with E-state index in [9.17, 15) is 0 Å². The molecule has 0 bridgehead atoms. The molecule has 15 heavy (non-hydrogen) atoms. The van der Waals surface area contributed by atoms with Gasteiger partial charge in [-0.15, -0.1) is 0 Å². The highest BCUT2D eigenvalue weighted by atomic mass is 13.9. The maximum absolute atomic E-state index is 3.61. The standard InChI is InChI=1S/C15H18/c1-2-3-4-5-6-7-9-12-15-13-10-8-11-14-15/h2-6,8,10-11,13-14H,1,7,9,12H2. The average Bonchev–Trinajstić information content (AvgIpc) is 2.29. The summed E-state index contributed by atoms with van der Waals surface area (Å²) in [6, 6.07) is 10.6. The van der Waals surface area contributed by atoms with Gasteiger partial charge in [0.25, 0.3) is 0 Å². The molecule has 0 aliphatic carbocycles. The zero-order valence-electron chi connectivity index (χ0n) is 9.10. The van der Waals surface area contributed by atoms with Crippen molar-refractivity contribution in [3.05, 3.63) is 72.9 Å². The van der Waals surface area contributed by atoms with Gasteiger partial charge in [-0.25, -0.2) is 0 Å². The Hall–Kier alpha value is -1.56. The summed E-state index contributed by atoms with van der Waals surface area (Å²) in [6.45, 7) is 3.61. The van der Waals surface area contributed by atoms with E-state index in [0.717, 1.165) is 12.8 Å². The normalized spacial score (nSPS) is 11.2. The number of hydrogen-bond donors (Lipinski definition) is 0. The molecule has 0 heteroatoms. The van der Waals surface area contributed by atoms with Crippen molar-refractivity contribution in [2.24, 2.45) is 0 Å². The van der Waals surface area contributed by atoms with Gasteiger partial charge in [0.1, 0.15) is 0 Å². The number of allylic oxidation sites excluding steroid dienone is 5. The second-order valence-electron chi connectivity index (χ2n) is 3.43. The molecule has 0 saturated carbocycles. The molecule has 78 valence electrons. The van der Waals surface area contributed by atoms with Gasteiger partial charge in [0.15, 0.2) is 0 Å². The lowest BCUT2D eigenvalue weighted by molar-refractivity contribution is 0.843. The van der Waals surface area contributed by atoms with Crippen LogP contribution in [0.15, 0.2) is 67.3 Å². The molecular formula is C15H18. The predicted octanol–water partition coefficient (Wildman–Crippen LogP) is 4.31. The molecule has 0 saturated heterocycles. The maximum atomic E-state index is 3.61. The van der Waals surface area contributed by atoms with E-state index in [0.29, 0.717) is 0 Å². The number of benzene rings is 1. The average molecular weight is 198 g/mol. The second kappa shape index (κ2) is 7.81. The first-order valence-corrected chi connectivity index (χ1v) is 5.41. The lowest BCUT2D eigenvalue weighted by Gasteiger charge is -1.97. The van der Waals surface area contributed by atoms with Crippen LogP contribution in [0.3, 0.4) is 0 Å². The Labute approximate surface area is 92.6 Å². The second-order valence-corrected chi connectivity index (χ2v) is 3.43. The smallest absolute Gasteiger partial charge is 0.0276 e. The van der Waals surface area contributed by atoms with Gasteiger partial charge in [-0.1, -0.05) is 67.3 Å². The molecule has 0 aliphatic heterocycles. The summed E-state index contributed by atoms with van der Waals surface area (Å²) in [6.07, 6.45) is 13.5. The van der Waals surface area contributed by atoms with Crippen molar-refractivity contribution in [3.63, 3.8) is 0 Å². The number of unbranched alkanes of at least 4 members (excludes halogenated alkanes) is 1. The Morgan fingerprint density at radius 3 is 2.53 bits per heavy atom. The summed E-state index contributed by atoms with van der Waals surface area (Å²) >= 11 is 0. The number of hydrogen-bond acceptors (Lipinski definition) is 0. The highest BCUT2D eigenvalue weighted by Crippen LogP contribution is 2.04. The van der Waals surface area contributed by atoms with E-state index in [2.05, 4.69) is 49.1 Å². The molecule has 0 amide bonds. The molecule has 0 heterocycles. The Morgan fingerprint density at radius 1 is 1.00 bits per heavy atom. The SMILES string of the molecule is C=CC=CC=CCCCc1ccccc1. The Kier molecular flexibility index (Phi) is 5.99. The van der Waals surface area contributed by atoms with Crippen LogP contribution in [0.4, 0.5) is 0 Å². The summed E-state index contributed by atoms with van der Waals surface area (Å²) in [5, 5.41) is 0. The fourth-order valence-electron chi connectivity index (χ4n) is 1.39. The van der Waals surface area contributed by atoms with E-state index in [1.807, 2.05) is 12.2 Å². The molecule has 0 aliphatic rings. The molecule has 0 atom stereocenters. The molecule has 0 spiro atoms. The summed E-state index contributed by atoms with van der Waals surface area (Å²) in [7, 11) is 0. The van der Waals surface area contributed by atoms with Crippen LogP contribution in [0.2, 0.25) is 0 Å². The molecule has 0 nitrogen and oxygen atoms in total. The van der Waals surface area contributed by atoms with Crippen molar-refractivity contribution in [3.8, 4) is 0 Å². The third-order valence-corrected chi connectivity index (χ3v) is 2.17. The molecule has 0 N–H and O–H groups in total. The Morgan fingerprint density at radius 2 is 1.80 bits per heavy atom. The van der Waals surface area contributed by atoms with Gasteiger partial charge in [0.05, 0.1) is 0 Å². The van der Waals surface area contributed by atoms with Crippen molar-refractivity contribution in [1.29, 1.82) is 0 Å². The fourth-order valence-corrected chi connectivity index (χ4v) is 1.39. The highest BCUT2D eigenvalue weighted by molar-refractivity contribution is 5.15. The van der Waals surface area contributed by atoms with Gasteiger partial charge in [-0.2, -0.15) is 0 Å². The van der Waals surface area contributed by atoms with Crippen molar-refractivity contribution in [2.45, 2.75) is 19.3 Å². The first-order chi connectivity index (χ1) is 7.43. The van der Waals surface area contributed by atoms with Gasteiger partial charge < -0.3 is 0 Å². The minimum absolute atomic E-state index is 1.14. The van der Waals surface area contributed by atoms with E-state index in [-0.39, 0.29) is 0 Å². The number of rotatable bonds is 6. The summed E-state index contributed by atoms with van der Waals surface area (Å²) in [4.78, 5) is 0. The zero-order chi connectivity index (χ0) is 10.8. The molecular weight excluding hydrogens is 180 g/mol. The largest absolute Gasteiger partial charge is 0.0991 e. The van der Waals surface area contributed by atoms with Crippen LogP contribution in [0.5, 0.6) is 0 Å². The monoisotopic (exact) mass is 198 g/mol. The molecule has 1 rings (SSSR count). The van der Waals surface area contributed by atoms with Crippen LogP contribution in [0.25, 0.3) is 0 Å². The van der Waals surface area contributed by atoms with Crippen LogP contribution in [-0.4, -0.2) is 0 Å². The van der Waals surface area contributed by atoms with Crippen LogP contribution < -0.4 is 0 Å². The van der Waals surface area contributed by atoms with E-state index in [4.69, 9.17) is 0 Å². The minimum Gasteiger partial charge on any atom is -0.0991 e. The lowest BCUT2D eigenvalue weighted by atomic mass is 10.1. The summed E-state index contributed by atoms with van der Waals surface area (Å²) in [5.41, 5.74) is 1.42. The van der Waals surface area contributed by atoms with Crippen LogP contribution in [0.1, 0.15) is 18.4 Å². The minimum atomic E-state index is 1.14. The quantitative estimate of drug-likeness (QED) is 0.472. The van der Waals surface area contributed by atoms with E-state index >= 15 is 0 Å². The van der Waals surface area contributed by atoms with Crippen LogP contribution in [0, 0.1) is 0 Å². The molecule has 1 aromatic rings. The van der Waals surface area contributed by atoms with Crippen molar-refractivity contribution in [2.75, 3.05) is 0 Å². The Balaban J connectivity index is 2.14. The zero-order valence-corrected chi connectivity index (χ0v) is 9.10. The topological polar surface area (TPSA) is 0 Å². The van der Waals surface area contributed by atoms with E-state index < -0.39 is 0 Å². The fraction of sp³-hybridized carbons (Fsp3) is 0.200. The first kappa shape index (κ1) is 11.5. The number of aryl methyl sites for hydroxylation is 1. The molecule has 1 aromatic carbocycles. The van der Waals surface area contributed by atoms with Crippen molar-refractivity contribution in [1.82, 2.24) is 0 Å². The van der Waals surface area contributed by atoms with E-state index in [1.165, 1.54) is 12.0 Å². The van der Waals surface area contributed by atoms with Gasteiger partial charge in [-0.05, 0) is 24.8 Å². The summed E-state index contributed by atoms with van der Waals surface area (Å²) in [5.74, 6) is 0. The van der Waals surface area contributed by atoms with Gasteiger partial charge >= 0.3 is 0 Å². The Bertz CT molecular complexity index is 317. The van der Waals surface area contributed by atoms with Crippen LogP contribution >= 0.6 is 0 Å². The molecule has 0 unspecified atom stereocenters. The van der Waals surface area contributed by atoms with Crippen LogP contribution in [-0.2, 0) is 6.42 Å². The third-order valence-electron chi connectivity index (χ3n) is 2.17. The van der Waals surface area contributed by atoms with E-state index in [1.54, 1.807) is 6.08 Å². The molecule has 0 aromatic heterocycles. The van der Waals surface area contributed by atoms with Gasteiger partial charge in [-0.3, -0.25) is 0 Å². The van der Waals surface area contributed by atoms with Gasteiger partial charge in [0.2, 0.25) is 0 Å². The lowest BCUT2D eigenvalue weighted by Crippen LogP contribution is -1.82. The van der Waals surface area contributed by atoms with Crippen molar-refractivity contribution < 1.29 is 0 Å². The molecule has 0 radical (unpaired) electrons. The third kappa shape index (κ3) is 5.69. The van der Waals surface area contributed by atoms with Gasteiger partial charge in [0, 0.05) is 0 Å². The first-order valence-electron chi connectivity index (χ1n) is 5.41. The molecule has 0 fully saturated rings. The maximum Gasteiger partial charge on any atom is -0.0276 e. The summed E-state index contributed by atoms with van der Waals surface area (Å²) < 4.78 is 0.